The van der Waals surface area contributed by atoms with Gasteiger partial charge in [-0.1, -0.05) is 30.3 Å². The fourth-order valence-corrected chi connectivity index (χ4v) is 1.86. The van der Waals surface area contributed by atoms with E-state index in [-0.39, 0.29) is 19.0 Å². The maximum atomic E-state index is 11.7. The van der Waals surface area contributed by atoms with Crippen LogP contribution < -0.4 is 5.32 Å². The van der Waals surface area contributed by atoms with Crippen LogP contribution in [0.3, 0.4) is 0 Å². The fraction of sp³-hybridized carbons (Fsp3) is 0.467. The standard InChI is InChI=1S/C15H22N2O4/c1-21-10-9-17(12-14(18)16-11-15(19)20)8-7-13-5-3-2-4-6-13/h2-6H,7-12H2,1H3,(H,16,18)(H,19,20). The molecular formula is C15H22N2O4. The number of aliphatic carboxylic acids is 1. The molecule has 1 aromatic rings. The third-order valence-corrected chi connectivity index (χ3v) is 2.98. The van der Waals surface area contributed by atoms with Crippen LogP contribution in [0, 0.1) is 0 Å². The third-order valence-electron chi connectivity index (χ3n) is 2.98. The molecule has 0 bridgehead atoms. The molecule has 1 aromatic carbocycles. The van der Waals surface area contributed by atoms with Crippen molar-refractivity contribution in [2.75, 3.05) is 39.9 Å². The first kappa shape index (κ1) is 17.1. The number of carbonyl (C=O) groups excluding carboxylic acids is 1. The van der Waals surface area contributed by atoms with E-state index in [1.54, 1.807) is 7.11 Å². The van der Waals surface area contributed by atoms with Gasteiger partial charge in [-0.05, 0) is 12.0 Å². The van der Waals surface area contributed by atoms with Crippen LogP contribution in [0.2, 0.25) is 0 Å². The van der Waals surface area contributed by atoms with Crippen LogP contribution in [-0.2, 0) is 20.7 Å². The lowest BCUT2D eigenvalue weighted by Gasteiger charge is -2.21. The SMILES string of the molecule is COCCN(CCc1ccccc1)CC(=O)NCC(=O)O. The van der Waals surface area contributed by atoms with Gasteiger partial charge in [0.15, 0.2) is 0 Å². The van der Waals surface area contributed by atoms with Gasteiger partial charge >= 0.3 is 5.97 Å². The fourth-order valence-electron chi connectivity index (χ4n) is 1.86. The Labute approximate surface area is 124 Å². The summed E-state index contributed by atoms with van der Waals surface area (Å²) < 4.78 is 5.04. The van der Waals surface area contributed by atoms with Gasteiger partial charge in [0.2, 0.25) is 5.91 Å². The van der Waals surface area contributed by atoms with Crippen molar-refractivity contribution >= 4 is 11.9 Å². The molecular weight excluding hydrogens is 272 g/mol. The Bertz CT molecular complexity index is 437. The summed E-state index contributed by atoms with van der Waals surface area (Å²) in [7, 11) is 1.61. The molecule has 0 aliphatic heterocycles. The number of ether oxygens (including phenoxy) is 1. The number of hydrogen-bond donors (Lipinski definition) is 2. The van der Waals surface area contributed by atoms with Crippen LogP contribution in [0.15, 0.2) is 30.3 Å². The molecule has 0 radical (unpaired) electrons. The number of carbonyl (C=O) groups is 2. The molecule has 6 nitrogen and oxygen atoms in total. The normalized spacial score (nSPS) is 10.6. The van der Waals surface area contributed by atoms with E-state index in [4.69, 9.17) is 9.84 Å². The predicted molar refractivity (Wildman–Crippen MR) is 79.1 cm³/mol. The van der Waals surface area contributed by atoms with Gasteiger partial charge in [0, 0.05) is 20.2 Å². The number of hydrogen-bond acceptors (Lipinski definition) is 4. The van der Waals surface area contributed by atoms with Gasteiger partial charge < -0.3 is 15.2 Å². The second-order valence-electron chi connectivity index (χ2n) is 4.68. The first-order chi connectivity index (χ1) is 10.1. The second-order valence-corrected chi connectivity index (χ2v) is 4.68. The van der Waals surface area contributed by atoms with Crippen LogP contribution in [0.1, 0.15) is 5.56 Å². The third kappa shape index (κ3) is 8.06. The van der Waals surface area contributed by atoms with Crippen LogP contribution >= 0.6 is 0 Å². The van der Waals surface area contributed by atoms with E-state index in [9.17, 15) is 9.59 Å². The number of nitrogens with zero attached hydrogens (tertiary/aromatic N) is 1. The average molecular weight is 294 g/mol. The van der Waals surface area contributed by atoms with Gasteiger partial charge in [0.05, 0.1) is 13.2 Å². The highest BCUT2D eigenvalue weighted by molar-refractivity contribution is 5.82. The van der Waals surface area contributed by atoms with Crippen LogP contribution in [0.4, 0.5) is 0 Å². The van der Waals surface area contributed by atoms with Gasteiger partial charge in [-0.3, -0.25) is 14.5 Å². The molecule has 1 rings (SSSR count). The smallest absolute Gasteiger partial charge is 0.322 e. The lowest BCUT2D eigenvalue weighted by atomic mass is 10.1. The van der Waals surface area contributed by atoms with Crippen molar-refractivity contribution in [3.05, 3.63) is 35.9 Å². The van der Waals surface area contributed by atoms with E-state index >= 15 is 0 Å². The van der Waals surface area contributed by atoms with E-state index in [2.05, 4.69) is 5.32 Å². The molecule has 21 heavy (non-hydrogen) atoms. The molecule has 2 N–H and O–H groups in total. The van der Waals surface area contributed by atoms with E-state index < -0.39 is 5.97 Å². The molecule has 0 unspecified atom stereocenters. The van der Waals surface area contributed by atoms with E-state index in [0.29, 0.717) is 19.7 Å². The Balaban J connectivity index is 2.43. The van der Waals surface area contributed by atoms with E-state index in [0.717, 1.165) is 6.42 Å². The summed E-state index contributed by atoms with van der Waals surface area (Å²) in [4.78, 5) is 24.1. The largest absolute Gasteiger partial charge is 0.480 e. The summed E-state index contributed by atoms with van der Waals surface area (Å²) in [5.74, 6) is -1.34. The minimum Gasteiger partial charge on any atom is -0.480 e. The maximum absolute atomic E-state index is 11.7. The zero-order chi connectivity index (χ0) is 15.5. The highest BCUT2D eigenvalue weighted by atomic mass is 16.5. The number of amides is 1. The highest BCUT2D eigenvalue weighted by Crippen LogP contribution is 2.01. The summed E-state index contributed by atoms with van der Waals surface area (Å²) in [6, 6.07) is 10.0. The van der Waals surface area contributed by atoms with Crippen molar-refractivity contribution in [3.8, 4) is 0 Å². The van der Waals surface area contributed by atoms with E-state index in [1.807, 2.05) is 35.2 Å². The Kier molecular flexibility index (Phi) is 8.08. The summed E-state index contributed by atoms with van der Waals surface area (Å²) in [5, 5.41) is 10.9. The average Bonchev–Trinajstić information content (AvgIpc) is 2.49. The lowest BCUT2D eigenvalue weighted by Crippen LogP contribution is -2.41. The number of carboxylic acid groups (broad SMARTS) is 1. The molecule has 1 amide bonds. The molecule has 6 heteroatoms. The van der Waals surface area contributed by atoms with E-state index in [1.165, 1.54) is 5.56 Å². The molecule has 0 heterocycles. The van der Waals surface area contributed by atoms with Crippen LogP contribution in [0.25, 0.3) is 0 Å². The van der Waals surface area contributed by atoms with Crippen molar-refractivity contribution < 1.29 is 19.4 Å². The summed E-state index contributed by atoms with van der Waals surface area (Å²) in [6.45, 7) is 1.69. The first-order valence-corrected chi connectivity index (χ1v) is 6.85. The molecule has 0 spiro atoms. The van der Waals surface area contributed by atoms with Gasteiger partial charge in [0.1, 0.15) is 6.54 Å². The predicted octanol–water partition coefficient (Wildman–Crippen LogP) is 0.378. The number of carboxylic acids is 1. The first-order valence-electron chi connectivity index (χ1n) is 6.85. The summed E-state index contributed by atoms with van der Waals surface area (Å²) >= 11 is 0. The van der Waals surface area contributed by atoms with Crippen molar-refractivity contribution in [1.29, 1.82) is 0 Å². The second kappa shape index (κ2) is 9.90. The Morgan fingerprint density at radius 2 is 1.95 bits per heavy atom. The summed E-state index contributed by atoms with van der Waals surface area (Å²) in [5.41, 5.74) is 1.20. The van der Waals surface area contributed by atoms with Crippen molar-refractivity contribution in [2.24, 2.45) is 0 Å². The molecule has 0 fully saturated rings. The molecule has 0 atom stereocenters. The summed E-state index contributed by atoms with van der Waals surface area (Å²) in [6.07, 6.45) is 0.830. The lowest BCUT2D eigenvalue weighted by molar-refractivity contribution is -0.138. The Morgan fingerprint density at radius 1 is 1.24 bits per heavy atom. The van der Waals surface area contributed by atoms with Gasteiger partial charge in [-0.2, -0.15) is 0 Å². The minimum absolute atomic E-state index is 0.170. The number of rotatable bonds is 10. The van der Waals surface area contributed by atoms with Crippen molar-refractivity contribution in [3.63, 3.8) is 0 Å². The Hall–Kier alpha value is -1.92. The molecule has 0 aliphatic rings. The Morgan fingerprint density at radius 3 is 2.57 bits per heavy atom. The van der Waals surface area contributed by atoms with Gasteiger partial charge in [-0.15, -0.1) is 0 Å². The molecule has 116 valence electrons. The van der Waals surface area contributed by atoms with Crippen molar-refractivity contribution in [1.82, 2.24) is 10.2 Å². The topological polar surface area (TPSA) is 78.9 Å². The van der Waals surface area contributed by atoms with Gasteiger partial charge in [0.25, 0.3) is 0 Å². The molecule has 0 aromatic heterocycles. The number of nitrogens with one attached hydrogen (secondary N) is 1. The van der Waals surface area contributed by atoms with Gasteiger partial charge in [-0.25, -0.2) is 0 Å². The minimum atomic E-state index is -1.05. The monoisotopic (exact) mass is 294 g/mol. The quantitative estimate of drug-likeness (QED) is 0.652. The zero-order valence-corrected chi connectivity index (χ0v) is 12.2. The molecule has 0 saturated carbocycles. The van der Waals surface area contributed by atoms with Crippen LogP contribution in [0.5, 0.6) is 0 Å². The zero-order valence-electron chi connectivity index (χ0n) is 12.2. The molecule has 0 saturated heterocycles. The van der Waals surface area contributed by atoms with Crippen molar-refractivity contribution in [2.45, 2.75) is 6.42 Å². The van der Waals surface area contributed by atoms with Crippen LogP contribution in [-0.4, -0.2) is 61.8 Å². The number of benzene rings is 1. The number of methoxy groups -OCH3 is 1. The highest BCUT2D eigenvalue weighted by Gasteiger charge is 2.11. The maximum Gasteiger partial charge on any atom is 0.322 e. The molecule has 0 aliphatic carbocycles.